The smallest absolute Gasteiger partial charge is 0.144 e. The first-order valence-corrected chi connectivity index (χ1v) is 10.8. The Balaban J connectivity index is 1.78. The molecule has 1 N–H and O–H groups in total. The van der Waals surface area contributed by atoms with Gasteiger partial charge in [0.25, 0.3) is 0 Å². The highest BCUT2D eigenvalue weighted by molar-refractivity contribution is 6.23. The summed E-state index contributed by atoms with van der Waals surface area (Å²) < 4.78 is 5.70. The van der Waals surface area contributed by atoms with Gasteiger partial charge in [-0.05, 0) is 43.9 Å². The van der Waals surface area contributed by atoms with Crippen LogP contribution in [0.2, 0.25) is 0 Å². The molecule has 6 aromatic carbocycles. The van der Waals surface area contributed by atoms with Gasteiger partial charge < -0.3 is 9.84 Å². The maximum atomic E-state index is 12.6. The first-order chi connectivity index (χ1) is 15.7. The number of methoxy groups -OCH3 is 1. The SMILES string of the molecule is COc1ccccc1C(O)(c1ccccc1)c1ccc2ccc3cccc4ccc1c2c34. The van der Waals surface area contributed by atoms with E-state index in [0.717, 1.165) is 22.1 Å². The summed E-state index contributed by atoms with van der Waals surface area (Å²) >= 11 is 0. The summed E-state index contributed by atoms with van der Waals surface area (Å²) in [5, 5.41) is 19.6. The van der Waals surface area contributed by atoms with Crippen molar-refractivity contribution < 1.29 is 9.84 Å². The Morgan fingerprint density at radius 2 is 1.19 bits per heavy atom. The monoisotopic (exact) mass is 414 g/mol. The number of ether oxygens (including phenoxy) is 1. The largest absolute Gasteiger partial charge is 0.496 e. The molecule has 0 amide bonds. The topological polar surface area (TPSA) is 29.5 Å². The average molecular weight is 415 g/mol. The highest BCUT2D eigenvalue weighted by Crippen LogP contribution is 2.46. The Hall–Kier alpha value is -3.88. The van der Waals surface area contributed by atoms with Gasteiger partial charge in [0, 0.05) is 11.1 Å². The van der Waals surface area contributed by atoms with Crippen LogP contribution in [0.5, 0.6) is 5.75 Å². The van der Waals surface area contributed by atoms with E-state index in [0.29, 0.717) is 5.75 Å². The van der Waals surface area contributed by atoms with Crippen LogP contribution in [0.15, 0.2) is 109 Å². The molecule has 1 atom stereocenters. The van der Waals surface area contributed by atoms with Crippen molar-refractivity contribution in [3.8, 4) is 5.75 Å². The molecule has 0 spiro atoms. The number of hydrogen-bond acceptors (Lipinski definition) is 2. The molecule has 0 saturated heterocycles. The van der Waals surface area contributed by atoms with Crippen molar-refractivity contribution in [2.24, 2.45) is 0 Å². The van der Waals surface area contributed by atoms with Gasteiger partial charge in [0.1, 0.15) is 11.4 Å². The van der Waals surface area contributed by atoms with Crippen molar-refractivity contribution >= 4 is 32.3 Å². The lowest BCUT2D eigenvalue weighted by atomic mass is 9.77. The van der Waals surface area contributed by atoms with E-state index in [1.165, 1.54) is 26.9 Å². The van der Waals surface area contributed by atoms with E-state index in [4.69, 9.17) is 4.74 Å². The molecule has 0 heterocycles. The van der Waals surface area contributed by atoms with Crippen LogP contribution in [0.3, 0.4) is 0 Å². The van der Waals surface area contributed by atoms with Crippen LogP contribution in [0.25, 0.3) is 32.3 Å². The summed E-state index contributed by atoms with van der Waals surface area (Å²) in [7, 11) is 1.65. The van der Waals surface area contributed by atoms with Crippen molar-refractivity contribution in [2.45, 2.75) is 5.60 Å². The molecule has 0 aliphatic carbocycles. The molecule has 6 aromatic rings. The molecule has 32 heavy (non-hydrogen) atoms. The number of hydrogen-bond donors (Lipinski definition) is 1. The van der Waals surface area contributed by atoms with Crippen LogP contribution in [0, 0.1) is 0 Å². The van der Waals surface area contributed by atoms with Crippen LogP contribution < -0.4 is 4.74 Å². The molecule has 2 nitrogen and oxygen atoms in total. The average Bonchev–Trinajstić information content (AvgIpc) is 2.87. The number of rotatable bonds is 4. The van der Waals surface area contributed by atoms with Gasteiger partial charge in [-0.25, -0.2) is 0 Å². The van der Waals surface area contributed by atoms with Gasteiger partial charge in [0.05, 0.1) is 7.11 Å². The highest BCUT2D eigenvalue weighted by atomic mass is 16.5. The van der Waals surface area contributed by atoms with E-state index in [1.54, 1.807) is 7.11 Å². The third-order valence-corrected chi connectivity index (χ3v) is 6.61. The zero-order chi connectivity index (χ0) is 21.7. The minimum atomic E-state index is -1.38. The summed E-state index contributed by atoms with van der Waals surface area (Å²) in [6.07, 6.45) is 0. The van der Waals surface area contributed by atoms with Gasteiger partial charge in [0.2, 0.25) is 0 Å². The molecule has 1 unspecified atom stereocenters. The van der Waals surface area contributed by atoms with Gasteiger partial charge in [-0.2, -0.15) is 0 Å². The van der Waals surface area contributed by atoms with Gasteiger partial charge in [-0.1, -0.05) is 103 Å². The van der Waals surface area contributed by atoms with E-state index in [9.17, 15) is 5.11 Å². The van der Waals surface area contributed by atoms with Crippen LogP contribution >= 0.6 is 0 Å². The van der Waals surface area contributed by atoms with E-state index in [2.05, 4.69) is 54.6 Å². The molecule has 0 fully saturated rings. The quantitative estimate of drug-likeness (QED) is 0.252. The van der Waals surface area contributed by atoms with Gasteiger partial charge in [0.15, 0.2) is 0 Å². The van der Waals surface area contributed by atoms with Crippen LogP contribution in [0.4, 0.5) is 0 Å². The fourth-order valence-electron chi connectivity index (χ4n) is 5.13. The lowest BCUT2D eigenvalue weighted by Gasteiger charge is -2.33. The molecular formula is C30H22O2. The molecule has 0 aliphatic rings. The van der Waals surface area contributed by atoms with E-state index in [-0.39, 0.29) is 0 Å². The fourth-order valence-corrected chi connectivity index (χ4v) is 5.13. The van der Waals surface area contributed by atoms with Crippen LogP contribution in [-0.2, 0) is 5.60 Å². The molecule has 154 valence electrons. The molecule has 0 aliphatic heterocycles. The molecule has 2 heteroatoms. The van der Waals surface area contributed by atoms with E-state index >= 15 is 0 Å². The lowest BCUT2D eigenvalue weighted by molar-refractivity contribution is 0.123. The lowest BCUT2D eigenvalue weighted by Crippen LogP contribution is -2.29. The first kappa shape index (κ1) is 18.9. The van der Waals surface area contributed by atoms with Crippen molar-refractivity contribution in [3.63, 3.8) is 0 Å². The summed E-state index contributed by atoms with van der Waals surface area (Å²) in [5.74, 6) is 0.657. The standard InChI is InChI=1S/C30H22O2/c1-32-27-13-6-5-12-26(27)30(31,23-10-3-2-4-11-23)25-19-17-22-15-14-20-8-7-9-21-16-18-24(25)29(22)28(20)21/h2-19,31H,1H3. The van der Waals surface area contributed by atoms with Crippen molar-refractivity contribution in [1.29, 1.82) is 0 Å². The Kier molecular flexibility index (Phi) is 4.17. The minimum absolute atomic E-state index is 0.657. The van der Waals surface area contributed by atoms with E-state index in [1.807, 2.05) is 54.6 Å². The third kappa shape index (κ3) is 2.57. The second-order valence-corrected chi connectivity index (χ2v) is 8.25. The summed E-state index contributed by atoms with van der Waals surface area (Å²) in [5.41, 5.74) is 0.998. The predicted octanol–water partition coefficient (Wildman–Crippen LogP) is 6.88. The Labute approximate surface area is 186 Å². The van der Waals surface area contributed by atoms with Crippen molar-refractivity contribution in [1.82, 2.24) is 0 Å². The molecule has 6 rings (SSSR count). The first-order valence-electron chi connectivity index (χ1n) is 10.8. The summed E-state index contributed by atoms with van der Waals surface area (Å²) in [6.45, 7) is 0. The summed E-state index contributed by atoms with van der Waals surface area (Å²) in [4.78, 5) is 0. The maximum Gasteiger partial charge on any atom is 0.144 e. The predicted molar refractivity (Wildman–Crippen MR) is 132 cm³/mol. The highest BCUT2D eigenvalue weighted by Gasteiger charge is 2.38. The van der Waals surface area contributed by atoms with Gasteiger partial charge >= 0.3 is 0 Å². The Morgan fingerprint density at radius 3 is 1.94 bits per heavy atom. The zero-order valence-corrected chi connectivity index (χ0v) is 17.7. The molecule has 0 bridgehead atoms. The van der Waals surface area contributed by atoms with Gasteiger partial charge in [-0.15, -0.1) is 0 Å². The van der Waals surface area contributed by atoms with Gasteiger partial charge in [-0.3, -0.25) is 0 Å². The second-order valence-electron chi connectivity index (χ2n) is 8.25. The Morgan fingerprint density at radius 1 is 0.562 bits per heavy atom. The molecular weight excluding hydrogens is 392 g/mol. The van der Waals surface area contributed by atoms with E-state index < -0.39 is 5.60 Å². The molecule has 0 radical (unpaired) electrons. The minimum Gasteiger partial charge on any atom is -0.496 e. The Bertz CT molecular complexity index is 1550. The fraction of sp³-hybridized carbons (Fsp3) is 0.0667. The third-order valence-electron chi connectivity index (χ3n) is 6.61. The number of para-hydroxylation sites is 1. The summed E-state index contributed by atoms with van der Waals surface area (Å²) in [6, 6.07) is 36.8. The zero-order valence-electron chi connectivity index (χ0n) is 17.7. The second kappa shape index (κ2) is 7.08. The van der Waals surface area contributed by atoms with Crippen molar-refractivity contribution in [3.05, 3.63) is 126 Å². The number of aliphatic hydroxyl groups is 1. The van der Waals surface area contributed by atoms with Crippen LogP contribution in [0.1, 0.15) is 16.7 Å². The molecule has 0 saturated carbocycles. The maximum absolute atomic E-state index is 12.6. The normalized spacial score (nSPS) is 13.6. The van der Waals surface area contributed by atoms with Crippen molar-refractivity contribution in [2.75, 3.05) is 7.11 Å². The number of benzene rings is 6. The molecule has 0 aromatic heterocycles. The van der Waals surface area contributed by atoms with Crippen LogP contribution in [-0.4, -0.2) is 12.2 Å².